The van der Waals surface area contributed by atoms with E-state index in [0.29, 0.717) is 4.47 Å². The highest BCUT2D eigenvalue weighted by Crippen LogP contribution is 2.22. The van der Waals surface area contributed by atoms with Gasteiger partial charge < -0.3 is 5.43 Å². The molecular formula is C11H19BrN4O2S. The van der Waals surface area contributed by atoms with Crippen LogP contribution in [-0.2, 0) is 10.0 Å². The molecular weight excluding hydrogens is 332 g/mol. The summed E-state index contributed by atoms with van der Waals surface area (Å²) < 4.78 is 27.7. The predicted molar refractivity (Wildman–Crippen MR) is 79.1 cm³/mol. The van der Waals surface area contributed by atoms with Crippen molar-refractivity contribution in [3.05, 3.63) is 16.7 Å². The summed E-state index contributed by atoms with van der Waals surface area (Å²) in [5, 5.41) is 0. The van der Waals surface area contributed by atoms with Crippen molar-refractivity contribution in [1.82, 2.24) is 9.71 Å². The minimum Gasteiger partial charge on any atom is -0.307 e. The zero-order valence-electron chi connectivity index (χ0n) is 11.0. The van der Waals surface area contributed by atoms with Crippen molar-refractivity contribution in [3.63, 3.8) is 0 Å². The van der Waals surface area contributed by atoms with E-state index in [4.69, 9.17) is 5.84 Å². The average Bonchev–Trinajstić information content (AvgIpc) is 2.35. The molecule has 1 heterocycles. The van der Waals surface area contributed by atoms with Crippen LogP contribution in [0.2, 0.25) is 0 Å². The van der Waals surface area contributed by atoms with Crippen molar-refractivity contribution >= 4 is 31.8 Å². The second-order valence-electron chi connectivity index (χ2n) is 4.31. The Hall–Kier alpha value is -0.700. The van der Waals surface area contributed by atoms with Gasteiger partial charge in [0.1, 0.15) is 4.90 Å². The number of unbranched alkanes of at least 4 members (excludes halogenated alkanes) is 1. The van der Waals surface area contributed by atoms with Crippen LogP contribution in [0.3, 0.4) is 0 Å². The van der Waals surface area contributed by atoms with E-state index >= 15 is 0 Å². The van der Waals surface area contributed by atoms with Crippen LogP contribution in [-0.4, -0.2) is 19.4 Å². The minimum absolute atomic E-state index is 0.0349. The van der Waals surface area contributed by atoms with Crippen LogP contribution >= 0.6 is 15.9 Å². The summed E-state index contributed by atoms with van der Waals surface area (Å²) in [6.45, 7) is 3.91. The Balaban J connectivity index is 2.96. The first-order valence-electron chi connectivity index (χ1n) is 6.05. The Labute approximate surface area is 122 Å². The van der Waals surface area contributed by atoms with Crippen LogP contribution in [0, 0.1) is 0 Å². The number of nitrogens with two attached hydrogens (primary N) is 1. The molecule has 1 rings (SSSR count). The van der Waals surface area contributed by atoms with Gasteiger partial charge in [-0.2, -0.15) is 0 Å². The lowest BCUT2D eigenvalue weighted by molar-refractivity contribution is 0.534. The second-order valence-corrected chi connectivity index (χ2v) is 6.91. The maximum Gasteiger partial charge on any atom is 0.244 e. The summed E-state index contributed by atoms with van der Waals surface area (Å²) in [6, 6.07) is 1.34. The Kier molecular flexibility index (Phi) is 6.18. The Morgan fingerprint density at radius 1 is 1.53 bits per heavy atom. The number of nitrogen functional groups attached to an aromatic ring is 1. The molecule has 1 aromatic rings. The van der Waals surface area contributed by atoms with Gasteiger partial charge in [-0.15, -0.1) is 0 Å². The number of hydrazine groups is 1. The van der Waals surface area contributed by atoms with E-state index in [0.717, 1.165) is 19.3 Å². The van der Waals surface area contributed by atoms with Crippen LogP contribution in [0.4, 0.5) is 5.82 Å². The van der Waals surface area contributed by atoms with Gasteiger partial charge in [-0.3, -0.25) is 0 Å². The number of nitrogens with one attached hydrogen (secondary N) is 2. The van der Waals surface area contributed by atoms with Gasteiger partial charge in [-0.1, -0.05) is 19.8 Å². The van der Waals surface area contributed by atoms with E-state index in [1.165, 1.54) is 12.3 Å². The molecule has 8 heteroatoms. The molecule has 1 unspecified atom stereocenters. The van der Waals surface area contributed by atoms with Crippen molar-refractivity contribution in [2.24, 2.45) is 5.84 Å². The SMILES string of the molecule is CCCCC(C)NS(=O)(=O)c1cc(Br)cnc1NN. The Morgan fingerprint density at radius 3 is 2.79 bits per heavy atom. The second kappa shape index (κ2) is 7.18. The lowest BCUT2D eigenvalue weighted by Crippen LogP contribution is -2.33. The molecule has 0 amide bonds. The number of nitrogens with zero attached hydrogens (tertiary/aromatic N) is 1. The third kappa shape index (κ3) is 4.72. The van der Waals surface area contributed by atoms with E-state index < -0.39 is 10.0 Å². The van der Waals surface area contributed by atoms with Gasteiger partial charge in [0, 0.05) is 16.7 Å². The summed E-state index contributed by atoms with van der Waals surface area (Å²) in [5.74, 6) is 5.41. The number of aromatic nitrogens is 1. The van der Waals surface area contributed by atoms with Crippen LogP contribution in [0.25, 0.3) is 0 Å². The van der Waals surface area contributed by atoms with Crippen molar-refractivity contribution < 1.29 is 8.42 Å². The molecule has 0 saturated carbocycles. The standard InChI is InChI=1S/C11H19BrN4O2S/c1-3-4-5-8(2)16-19(17,18)10-6-9(12)7-14-11(10)15-13/h6-8,16H,3-5,13H2,1-2H3,(H,14,15). The zero-order chi connectivity index (χ0) is 14.5. The molecule has 0 aliphatic rings. The van der Waals surface area contributed by atoms with Crippen LogP contribution < -0.4 is 16.0 Å². The fourth-order valence-corrected chi connectivity index (χ4v) is 3.54. The summed E-state index contributed by atoms with van der Waals surface area (Å²) >= 11 is 3.20. The number of hydrogen-bond donors (Lipinski definition) is 3. The highest BCUT2D eigenvalue weighted by atomic mass is 79.9. The van der Waals surface area contributed by atoms with Gasteiger partial charge in [0.05, 0.1) is 0 Å². The number of halogens is 1. The Bertz CT molecular complexity index is 521. The lowest BCUT2D eigenvalue weighted by atomic mass is 10.2. The van der Waals surface area contributed by atoms with Crippen molar-refractivity contribution in [2.45, 2.75) is 44.0 Å². The summed E-state index contributed by atoms with van der Waals surface area (Å²) in [7, 11) is -3.64. The molecule has 19 heavy (non-hydrogen) atoms. The van der Waals surface area contributed by atoms with Gasteiger partial charge in [0.25, 0.3) is 0 Å². The molecule has 1 aromatic heterocycles. The van der Waals surface area contributed by atoms with Crippen LogP contribution in [0.5, 0.6) is 0 Å². The van der Waals surface area contributed by atoms with Crippen molar-refractivity contribution in [2.75, 3.05) is 5.43 Å². The zero-order valence-corrected chi connectivity index (χ0v) is 13.4. The normalized spacial score (nSPS) is 13.3. The molecule has 4 N–H and O–H groups in total. The van der Waals surface area contributed by atoms with E-state index in [1.54, 1.807) is 0 Å². The number of hydrogen-bond acceptors (Lipinski definition) is 5. The van der Waals surface area contributed by atoms with E-state index in [1.807, 2.05) is 6.92 Å². The summed E-state index contributed by atoms with van der Waals surface area (Å²) in [6.07, 6.45) is 4.28. The first-order chi connectivity index (χ1) is 8.90. The average molecular weight is 351 g/mol. The molecule has 0 spiro atoms. The topological polar surface area (TPSA) is 97.1 Å². The molecule has 0 aliphatic carbocycles. The van der Waals surface area contributed by atoms with E-state index in [2.05, 4.69) is 38.0 Å². The van der Waals surface area contributed by atoms with E-state index in [-0.39, 0.29) is 16.8 Å². The highest BCUT2D eigenvalue weighted by Gasteiger charge is 2.22. The molecule has 0 bridgehead atoms. The lowest BCUT2D eigenvalue weighted by Gasteiger charge is -2.15. The highest BCUT2D eigenvalue weighted by molar-refractivity contribution is 9.10. The van der Waals surface area contributed by atoms with Gasteiger partial charge in [0.2, 0.25) is 10.0 Å². The monoisotopic (exact) mass is 350 g/mol. The Morgan fingerprint density at radius 2 is 2.21 bits per heavy atom. The molecule has 108 valence electrons. The maximum atomic E-state index is 12.3. The third-order valence-corrected chi connectivity index (χ3v) is 4.63. The fraction of sp³-hybridized carbons (Fsp3) is 0.545. The van der Waals surface area contributed by atoms with Crippen molar-refractivity contribution in [3.8, 4) is 0 Å². The predicted octanol–water partition coefficient (Wildman–Crippen LogP) is 1.99. The number of sulfonamides is 1. The van der Waals surface area contributed by atoms with Crippen molar-refractivity contribution in [1.29, 1.82) is 0 Å². The largest absolute Gasteiger partial charge is 0.307 e. The quantitative estimate of drug-likeness (QED) is 0.516. The first kappa shape index (κ1) is 16.4. The molecule has 0 fully saturated rings. The maximum absolute atomic E-state index is 12.3. The number of pyridine rings is 1. The molecule has 0 saturated heterocycles. The minimum atomic E-state index is -3.64. The first-order valence-corrected chi connectivity index (χ1v) is 8.32. The smallest absolute Gasteiger partial charge is 0.244 e. The van der Waals surface area contributed by atoms with Gasteiger partial charge >= 0.3 is 0 Å². The van der Waals surface area contributed by atoms with Gasteiger partial charge in [-0.25, -0.2) is 24.0 Å². The fourth-order valence-electron chi connectivity index (χ4n) is 1.63. The molecule has 0 aliphatic heterocycles. The molecule has 0 aromatic carbocycles. The number of anilines is 1. The van der Waals surface area contributed by atoms with Crippen LogP contribution in [0.15, 0.2) is 21.6 Å². The molecule has 0 radical (unpaired) electrons. The summed E-state index contributed by atoms with van der Waals surface area (Å²) in [4.78, 5) is 3.97. The van der Waals surface area contributed by atoms with Crippen LogP contribution in [0.1, 0.15) is 33.1 Å². The van der Waals surface area contributed by atoms with Gasteiger partial charge in [0.15, 0.2) is 5.82 Å². The third-order valence-electron chi connectivity index (χ3n) is 2.59. The van der Waals surface area contributed by atoms with Gasteiger partial charge in [-0.05, 0) is 35.3 Å². The van der Waals surface area contributed by atoms with E-state index in [9.17, 15) is 8.42 Å². The molecule has 6 nitrogen and oxygen atoms in total. The molecule has 1 atom stereocenters. The summed E-state index contributed by atoms with van der Waals surface area (Å²) in [5.41, 5.74) is 2.29. The number of rotatable bonds is 7.